The summed E-state index contributed by atoms with van der Waals surface area (Å²) in [5.41, 5.74) is -1.62. The van der Waals surface area contributed by atoms with Crippen LogP contribution in [0, 0.1) is 0 Å². The Morgan fingerprint density at radius 1 is 0.722 bits per heavy atom. The number of aliphatic hydroxyl groups is 2. The zero-order valence-electron chi connectivity index (χ0n) is 10.4. The van der Waals surface area contributed by atoms with Crippen molar-refractivity contribution in [3.8, 4) is 0 Å². The minimum atomic E-state index is -1.42. The summed E-state index contributed by atoms with van der Waals surface area (Å²) in [5, 5.41) is 21.3. The Balaban J connectivity index is 2.47. The number of hydrogen-bond acceptors (Lipinski definition) is 4. The lowest BCUT2D eigenvalue weighted by atomic mass is 9.76. The standard InChI is InChI=1S/C14H16N2O2/c1-13(17,11-3-7-15-8-4-11)14(2,18)12-5-9-16-10-6-12/h3-10,17-18H,1-2H3/t13-,14+. The van der Waals surface area contributed by atoms with Crippen LogP contribution in [0.15, 0.2) is 49.1 Å². The van der Waals surface area contributed by atoms with Crippen LogP contribution in [-0.4, -0.2) is 20.2 Å². The van der Waals surface area contributed by atoms with Crippen molar-refractivity contribution < 1.29 is 10.2 Å². The third-order valence-electron chi connectivity index (χ3n) is 3.43. The van der Waals surface area contributed by atoms with E-state index in [9.17, 15) is 10.2 Å². The van der Waals surface area contributed by atoms with Gasteiger partial charge in [0.2, 0.25) is 0 Å². The first kappa shape index (κ1) is 12.7. The third-order valence-corrected chi connectivity index (χ3v) is 3.43. The normalized spacial score (nSPS) is 17.8. The highest BCUT2D eigenvalue weighted by Crippen LogP contribution is 2.39. The molecule has 4 nitrogen and oxygen atoms in total. The van der Waals surface area contributed by atoms with Crippen molar-refractivity contribution in [2.75, 3.05) is 0 Å². The highest BCUT2D eigenvalue weighted by molar-refractivity contribution is 5.30. The van der Waals surface area contributed by atoms with E-state index >= 15 is 0 Å². The summed E-state index contributed by atoms with van der Waals surface area (Å²) in [6.07, 6.45) is 6.36. The van der Waals surface area contributed by atoms with Gasteiger partial charge in [-0.05, 0) is 49.2 Å². The zero-order chi connectivity index (χ0) is 13.2. The van der Waals surface area contributed by atoms with Crippen LogP contribution < -0.4 is 0 Å². The maximum Gasteiger partial charge on any atom is 0.119 e. The molecular formula is C14H16N2O2. The van der Waals surface area contributed by atoms with Gasteiger partial charge in [0.05, 0.1) is 0 Å². The van der Waals surface area contributed by atoms with Crippen molar-refractivity contribution in [1.29, 1.82) is 0 Å². The summed E-state index contributed by atoms with van der Waals surface area (Å²) in [4.78, 5) is 7.82. The molecule has 18 heavy (non-hydrogen) atoms. The van der Waals surface area contributed by atoms with Crippen LogP contribution in [0.1, 0.15) is 25.0 Å². The molecule has 0 aliphatic carbocycles. The molecule has 0 amide bonds. The van der Waals surface area contributed by atoms with Gasteiger partial charge >= 0.3 is 0 Å². The Morgan fingerprint density at radius 2 is 1.00 bits per heavy atom. The van der Waals surface area contributed by atoms with Gasteiger partial charge in [-0.2, -0.15) is 0 Å². The summed E-state index contributed by atoms with van der Waals surface area (Å²) >= 11 is 0. The van der Waals surface area contributed by atoms with Crippen LogP contribution in [0.4, 0.5) is 0 Å². The first-order valence-electron chi connectivity index (χ1n) is 5.72. The second kappa shape index (κ2) is 4.48. The predicted octanol–water partition coefficient (Wildman–Crippen LogP) is 1.59. The van der Waals surface area contributed by atoms with Gasteiger partial charge in [0.15, 0.2) is 0 Å². The maximum atomic E-state index is 10.7. The van der Waals surface area contributed by atoms with Gasteiger partial charge in [0.1, 0.15) is 11.2 Å². The van der Waals surface area contributed by atoms with Gasteiger partial charge in [0, 0.05) is 24.8 Å². The van der Waals surface area contributed by atoms with Crippen LogP contribution in [0.5, 0.6) is 0 Å². The smallest absolute Gasteiger partial charge is 0.119 e. The monoisotopic (exact) mass is 244 g/mol. The van der Waals surface area contributed by atoms with Crippen molar-refractivity contribution in [3.05, 3.63) is 60.2 Å². The molecule has 0 saturated carbocycles. The van der Waals surface area contributed by atoms with E-state index in [1.54, 1.807) is 62.9 Å². The number of hydrogen-bond donors (Lipinski definition) is 2. The summed E-state index contributed by atoms with van der Waals surface area (Å²) in [5.74, 6) is 0. The van der Waals surface area contributed by atoms with E-state index in [2.05, 4.69) is 9.97 Å². The lowest BCUT2D eigenvalue weighted by molar-refractivity contribution is -0.143. The molecule has 2 aromatic heterocycles. The van der Waals surface area contributed by atoms with Gasteiger partial charge in [0.25, 0.3) is 0 Å². The highest BCUT2D eigenvalue weighted by Gasteiger charge is 2.44. The summed E-state index contributed by atoms with van der Waals surface area (Å²) in [7, 11) is 0. The molecule has 2 rings (SSSR count). The van der Waals surface area contributed by atoms with E-state index in [1.807, 2.05) is 0 Å². The average Bonchev–Trinajstić information content (AvgIpc) is 2.40. The number of aromatic nitrogens is 2. The van der Waals surface area contributed by atoms with Gasteiger partial charge in [-0.25, -0.2) is 0 Å². The molecule has 0 radical (unpaired) electrons. The fourth-order valence-corrected chi connectivity index (χ4v) is 1.92. The van der Waals surface area contributed by atoms with E-state index in [0.717, 1.165) is 0 Å². The second-order valence-corrected chi connectivity index (χ2v) is 4.62. The summed E-state index contributed by atoms with van der Waals surface area (Å²) in [6.45, 7) is 3.17. The van der Waals surface area contributed by atoms with E-state index in [1.165, 1.54) is 0 Å². The minimum Gasteiger partial charge on any atom is -0.382 e. The first-order chi connectivity index (χ1) is 8.46. The molecule has 0 spiro atoms. The number of rotatable bonds is 3. The molecule has 2 aromatic rings. The van der Waals surface area contributed by atoms with Gasteiger partial charge < -0.3 is 10.2 Å². The maximum absolute atomic E-state index is 10.7. The molecule has 2 heterocycles. The number of nitrogens with zero attached hydrogens (tertiary/aromatic N) is 2. The van der Waals surface area contributed by atoms with Crippen LogP contribution in [0.2, 0.25) is 0 Å². The topological polar surface area (TPSA) is 66.2 Å². The fraction of sp³-hybridized carbons (Fsp3) is 0.286. The molecular weight excluding hydrogens is 228 g/mol. The van der Waals surface area contributed by atoms with Gasteiger partial charge in [-0.1, -0.05) is 0 Å². The van der Waals surface area contributed by atoms with E-state index in [0.29, 0.717) is 11.1 Å². The second-order valence-electron chi connectivity index (χ2n) is 4.62. The van der Waals surface area contributed by atoms with Crippen LogP contribution in [-0.2, 0) is 11.2 Å². The van der Waals surface area contributed by atoms with E-state index in [4.69, 9.17) is 0 Å². The minimum absolute atomic E-state index is 0.610. The Hall–Kier alpha value is -1.78. The summed E-state index contributed by atoms with van der Waals surface area (Å²) in [6, 6.07) is 6.76. The van der Waals surface area contributed by atoms with E-state index in [-0.39, 0.29) is 0 Å². The predicted molar refractivity (Wildman–Crippen MR) is 67.6 cm³/mol. The Bertz CT molecular complexity index is 460. The first-order valence-corrected chi connectivity index (χ1v) is 5.72. The molecule has 2 N–H and O–H groups in total. The highest BCUT2D eigenvalue weighted by atomic mass is 16.4. The average molecular weight is 244 g/mol. The van der Waals surface area contributed by atoms with Crippen molar-refractivity contribution in [2.24, 2.45) is 0 Å². The lowest BCUT2D eigenvalue weighted by Crippen LogP contribution is -2.45. The number of pyridine rings is 2. The Morgan fingerprint density at radius 3 is 1.28 bits per heavy atom. The van der Waals surface area contributed by atoms with Crippen molar-refractivity contribution in [1.82, 2.24) is 9.97 Å². The SMILES string of the molecule is C[C@](O)(c1ccncc1)[C@](C)(O)c1ccncc1. The fourth-order valence-electron chi connectivity index (χ4n) is 1.92. The summed E-state index contributed by atoms with van der Waals surface area (Å²) < 4.78 is 0. The largest absolute Gasteiger partial charge is 0.382 e. The Kier molecular flexibility index (Phi) is 3.15. The van der Waals surface area contributed by atoms with Crippen LogP contribution >= 0.6 is 0 Å². The van der Waals surface area contributed by atoms with Crippen molar-refractivity contribution in [3.63, 3.8) is 0 Å². The molecule has 0 aliphatic rings. The lowest BCUT2D eigenvalue weighted by Gasteiger charge is -2.39. The van der Waals surface area contributed by atoms with Crippen molar-refractivity contribution in [2.45, 2.75) is 25.0 Å². The quantitative estimate of drug-likeness (QED) is 0.860. The van der Waals surface area contributed by atoms with Gasteiger partial charge in [-0.15, -0.1) is 0 Å². The Labute approximate surface area is 106 Å². The van der Waals surface area contributed by atoms with Crippen molar-refractivity contribution >= 4 is 0 Å². The molecule has 0 bridgehead atoms. The third kappa shape index (κ3) is 2.00. The molecule has 0 saturated heterocycles. The molecule has 2 atom stereocenters. The molecule has 0 unspecified atom stereocenters. The molecule has 0 fully saturated rings. The van der Waals surface area contributed by atoms with Crippen LogP contribution in [0.3, 0.4) is 0 Å². The van der Waals surface area contributed by atoms with E-state index < -0.39 is 11.2 Å². The molecule has 4 heteroatoms. The zero-order valence-corrected chi connectivity index (χ0v) is 10.4. The van der Waals surface area contributed by atoms with Gasteiger partial charge in [-0.3, -0.25) is 9.97 Å². The molecule has 0 aliphatic heterocycles. The molecule has 94 valence electrons. The molecule has 0 aromatic carbocycles. The van der Waals surface area contributed by atoms with Crippen LogP contribution in [0.25, 0.3) is 0 Å².